The van der Waals surface area contributed by atoms with Gasteiger partial charge in [0.15, 0.2) is 0 Å². The molecule has 0 aliphatic rings. The van der Waals surface area contributed by atoms with Gasteiger partial charge >= 0.3 is 0 Å². The number of anilines is 1. The first kappa shape index (κ1) is 10.4. The lowest BCUT2D eigenvalue weighted by molar-refractivity contribution is 0.208. The summed E-state index contributed by atoms with van der Waals surface area (Å²) in [7, 11) is 0. The van der Waals surface area contributed by atoms with Crippen molar-refractivity contribution < 1.29 is 5.11 Å². The minimum atomic E-state index is -0.307. The Morgan fingerprint density at radius 2 is 2.31 bits per heavy atom. The van der Waals surface area contributed by atoms with Crippen LogP contribution in [0.1, 0.15) is 6.92 Å². The molecule has 0 spiro atoms. The van der Waals surface area contributed by atoms with E-state index in [1.54, 1.807) is 18.7 Å². The minimum absolute atomic E-state index is 0.307. The van der Waals surface area contributed by atoms with Crippen LogP contribution in [0.2, 0.25) is 0 Å². The fraction of sp³-hybridized carbons (Fsp3) is 0.400. The molecule has 0 aliphatic carbocycles. The predicted molar refractivity (Wildman–Crippen MR) is 58.4 cm³/mol. The number of aliphatic hydroxyl groups is 1. The van der Waals surface area contributed by atoms with Crippen molar-refractivity contribution in [3.05, 3.63) is 24.3 Å². The number of hydrogen-bond donors (Lipinski definition) is 2. The molecule has 0 amide bonds. The number of aliphatic hydroxyl groups excluding tert-OH is 1. The molecule has 0 saturated carbocycles. The van der Waals surface area contributed by atoms with Crippen LogP contribution >= 0.6 is 11.8 Å². The van der Waals surface area contributed by atoms with Crippen molar-refractivity contribution >= 4 is 17.4 Å². The van der Waals surface area contributed by atoms with Crippen molar-refractivity contribution in [2.75, 3.05) is 18.1 Å². The summed E-state index contributed by atoms with van der Waals surface area (Å²) in [5.74, 6) is 0. The molecule has 3 heteroatoms. The normalized spacial score (nSPS) is 12.5. The van der Waals surface area contributed by atoms with Gasteiger partial charge in [-0.1, -0.05) is 6.07 Å². The second-order valence-corrected chi connectivity index (χ2v) is 3.84. The summed E-state index contributed by atoms with van der Waals surface area (Å²) in [6.07, 6.45) is 1.74. The van der Waals surface area contributed by atoms with Gasteiger partial charge in [-0.15, -0.1) is 11.8 Å². The molecule has 0 bridgehead atoms. The summed E-state index contributed by atoms with van der Waals surface area (Å²) in [4.78, 5) is 1.23. The molecule has 2 N–H and O–H groups in total. The van der Waals surface area contributed by atoms with Crippen LogP contribution in [0.5, 0.6) is 0 Å². The average molecular weight is 197 g/mol. The molecule has 0 heterocycles. The van der Waals surface area contributed by atoms with E-state index in [1.807, 2.05) is 18.4 Å². The Morgan fingerprint density at radius 3 is 2.92 bits per heavy atom. The topological polar surface area (TPSA) is 32.3 Å². The molecule has 1 rings (SSSR count). The van der Waals surface area contributed by atoms with Gasteiger partial charge in [-0.05, 0) is 31.4 Å². The molecular formula is C10H15NOS. The lowest BCUT2D eigenvalue weighted by Gasteiger charge is -2.08. The zero-order chi connectivity index (χ0) is 9.68. The fourth-order valence-corrected chi connectivity index (χ4v) is 1.46. The Bertz CT molecular complexity index is 263. The van der Waals surface area contributed by atoms with Gasteiger partial charge in [0, 0.05) is 17.1 Å². The van der Waals surface area contributed by atoms with Crippen molar-refractivity contribution in [1.82, 2.24) is 0 Å². The molecule has 13 heavy (non-hydrogen) atoms. The van der Waals surface area contributed by atoms with Crippen molar-refractivity contribution in [3.63, 3.8) is 0 Å². The maximum Gasteiger partial charge on any atom is 0.0684 e. The van der Waals surface area contributed by atoms with Crippen LogP contribution in [0.3, 0.4) is 0 Å². The number of hydrogen-bond acceptors (Lipinski definition) is 3. The van der Waals surface area contributed by atoms with Gasteiger partial charge < -0.3 is 10.4 Å². The van der Waals surface area contributed by atoms with E-state index in [0.717, 1.165) is 5.69 Å². The second kappa shape index (κ2) is 5.14. The van der Waals surface area contributed by atoms with Gasteiger partial charge in [-0.3, -0.25) is 0 Å². The number of thioether (sulfide) groups is 1. The standard InChI is InChI=1S/C10H15NOS/c1-8(12)7-11-9-4-3-5-10(6-9)13-2/h3-6,8,11-12H,7H2,1-2H3. The molecule has 1 aromatic rings. The molecule has 0 radical (unpaired) electrons. The first-order valence-electron chi connectivity index (χ1n) is 4.28. The number of rotatable bonds is 4. The van der Waals surface area contributed by atoms with Crippen LogP contribution in [-0.4, -0.2) is 24.0 Å². The van der Waals surface area contributed by atoms with Crippen LogP contribution in [0.4, 0.5) is 5.69 Å². The van der Waals surface area contributed by atoms with E-state index in [-0.39, 0.29) is 6.10 Å². The van der Waals surface area contributed by atoms with E-state index in [0.29, 0.717) is 6.54 Å². The average Bonchev–Trinajstić information content (AvgIpc) is 2.15. The van der Waals surface area contributed by atoms with Crippen molar-refractivity contribution in [3.8, 4) is 0 Å². The lowest BCUT2D eigenvalue weighted by atomic mass is 10.3. The van der Waals surface area contributed by atoms with Crippen molar-refractivity contribution in [1.29, 1.82) is 0 Å². The Morgan fingerprint density at radius 1 is 1.54 bits per heavy atom. The fourth-order valence-electron chi connectivity index (χ4n) is 0.999. The molecule has 1 unspecified atom stereocenters. The molecular weight excluding hydrogens is 182 g/mol. The third kappa shape index (κ3) is 3.70. The molecule has 0 aliphatic heterocycles. The third-order valence-corrected chi connectivity index (χ3v) is 2.40. The van der Waals surface area contributed by atoms with E-state index in [1.165, 1.54) is 4.90 Å². The summed E-state index contributed by atoms with van der Waals surface area (Å²) >= 11 is 1.71. The van der Waals surface area contributed by atoms with Gasteiger partial charge in [0.05, 0.1) is 6.10 Å². The van der Waals surface area contributed by atoms with E-state index in [9.17, 15) is 0 Å². The van der Waals surface area contributed by atoms with E-state index < -0.39 is 0 Å². The molecule has 1 aromatic carbocycles. The van der Waals surface area contributed by atoms with Crippen LogP contribution in [0, 0.1) is 0 Å². The summed E-state index contributed by atoms with van der Waals surface area (Å²) in [6.45, 7) is 2.36. The summed E-state index contributed by atoms with van der Waals surface area (Å²) in [5.41, 5.74) is 1.06. The zero-order valence-corrected chi connectivity index (χ0v) is 8.77. The smallest absolute Gasteiger partial charge is 0.0684 e. The number of nitrogens with one attached hydrogen (secondary N) is 1. The van der Waals surface area contributed by atoms with Crippen molar-refractivity contribution in [2.45, 2.75) is 17.9 Å². The Kier molecular flexibility index (Phi) is 4.12. The van der Waals surface area contributed by atoms with Crippen LogP contribution in [0.15, 0.2) is 29.2 Å². The first-order valence-corrected chi connectivity index (χ1v) is 5.51. The minimum Gasteiger partial charge on any atom is -0.392 e. The van der Waals surface area contributed by atoms with E-state index in [4.69, 9.17) is 5.11 Å². The molecule has 2 nitrogen and oxygen atoms in total. The Labute approximate surface area is 83.4 Å². The third-order valence-electron chi connectivity index (χ3n) is 1.67. The summed E-state index contributed by atoms with van der Waals surface area (Å²) < 4.78 is 0. The van der Waals surface area contributed by atoms with Gasteiger partial charge in [0.2, 0.25) is 0 Å². The number of benzene rings is 1. The first-order chi connectivity index (χ1) is 6.22. The predicted octanol–water partition coefficient (Wildman–Crippen LogP) is 2.20. The maximum atomic E-state index is 9.07. The van der Waals surface area contributed by atoms with Crippen molar-refractivity contribution in [2.24, 2.45) is 0 Å². The molecule has 1 atom stereocenters. The monoisotopic (exact) mass is 197 g/mol. The van der Waals surface area contributed by atoms with Crippen LogP contribution in [0.25, 0.3) is 0 Å². The van der Waals surface area contributed by atoms with E-state index >= 15 is 0 Å². The quantitative estimate of drug-likeness (QED) is 0.726. The second-order valence-electron chi connectivity index (χ2n) is 2.96. The van der Waals surface area contributed by atoms with Gasteiger partial charge in [0.25, 0.3) is 0 Å². The molecule has 0 fully saturated rings. The van der Waals surface area contributed by atoms with Gasteiger partial charge in [-0.2, -0.15) is 0 Å². The molecule has 0 aromatic heterocycles. The lowest BCUT2D eigenvalue weighted by Crippen LogP contribution is -2.15. The Hall–Kier alpha value is -0.670. The molecule has 0 saturated heterocycles. The Balaban J connectivity index is 2.56. The maximum absolute atomic E-state index is 9.07. The summed E-state index contributed by atoms with van der Waals surface area (Å²) in [6, 6.07) is 8.16. The van der Waals surface area contributed by atoms with Gasteiger partial charge in [-0.25, -0.2) is 0 Å². The molecule has 72 valence electrons. The van der Waals surface area contributed by atoms with Crippen LogP contribution < -0.4 is 5.32 Å². The SMILES string of the molecule is CSc1cccc(NCC(C)O)c1. The highest BCUT2D eigenvalue weighted by Crippen LogP contribution is 2.18. The van der Waals surface area contributed by atoms with Crippen LogP contribution in [-0.2, 0) is 0 Å². The van der Waals surface area contributed by atoms with E-state index in [2.05, 4.69) is 17.4 Å². The highest BCUT2D eigenvalue weighted by Gasteiger charge is 1.96. The highest BCUT2D eigenvalue weighted by atomic mass is 32.2. The summed E-state index contributed by atoms with van der Waals surface area (Å²) in [5, 5.41) is 12.2. The largest absolute Gasteiger partial charge is 0.392 e. The highest BCUT2D eigenvalue weighted by molar-refractivity contribution is 7.98. The zero-order valence-electron chi connectivity index (χ0n) is 7.95. The van der Waals surface area contributed by atoms with Gasteiger partial charge in [0.1, 0.15) is 0 Å².